The molecule has 14 heavy (non-hydrogen) atoms. The van der Waals surface area contributed by atoms with E-state index >= 15 is 0 Å². The zero-order valence-electron chi connectivity index (χ0n) is 9.08. The summed E-state index contributed by atoms with van der Waals surface area (Å²) in [5, 5.41) is 3.23. The maximum absolute atomic E-state index is 11.5. The van der Waals surface area contributed by atoms with Gasteiger partial charge in [-0.1, -0.05) is 0 Å². The van der Waals surface area contributed by atoms with E-state index in [2.05, 4.69) is 5.32 Å². The molecule has 0 aromatic rings. The molecule has 1 N–H and O–H groups in total. The number of carbonyl (C=O) groups is 1. The summed E-state index contributed by atoms with van der Waals surface area (Å²) in [6, 6.07) is 0. The maximum Gasteiger partial charge on any atom is 0.309 e. The number of nitrogens with one attached hydrogen (secondary N) is 1. The number of hydrogen-bond acceptors (Lipinski definition) is 4. The Bertz CT molecular complexity index is 177. The van der Waals surface area contributed by atoms with E-state index in [-0.39, 0.29) is 11.9 Å². The van der Waals surface area contributed by atoms with Gasteiger partial charge in [-0.05, 0) is 40.0 Å². The first-order valence-corrected chi connectivity index (χ1v) is 5.22. The van der Waals surface area contributed by atoms with Crippen LogP contribution in [-0.2, 0) is 9.53 Å². The average molecular weight is 200 g/mol. The van der Waals surface area contributed by atoms with Crippen molar-refractivity contribution in [3.8, 4) is 0 Å². The Morgan fingerprint density at radius 3 is 2.64 bits per heavy atom. The predicted octanol–water partition coefficient (Wildman–Crippen LogP) is 0.0908. The van der Waals surface area contributed by atoms with Crippen LogP contribution in [-0.4, -0.2) is 51.2 Å². The molecule has 1 saturated heterocycles. The van der Waals surface area contributed by atoms with Crippen molar-refractivity contribution in [3.05, 3.63) is 0 Å². The number of nitrogens with zero attached hydrogens (tertiary/aromatic N) is 1. The molecule has 1 rings (SSSR count). The SMILES string of the molecule is CN(C)CCOC(=O)C1CCNCC1. The van der Waals surface area contributed by atoms with Gasteiger partial charge in [-0.2, -0.15) is 0 Å². The van der Waals surface area contributed by atoms with E-state index in [1.165, 1.54) is 0 Å². The second-order valence-electron chi connectivity index (χ2n) is 4.00. The molecule has 0 amide bonds. The van der Waals surface area contributed by atoms with E-state index in [0.717, 1.165) is 32.5 Å². The van der Waals surface area contributed by atoms with Gasteiger partial charge in [0.2, 0.25) is 0 Å². The molecular formula is C10H20N2O2. The van der Waals surface area contributed by atoms with Crippen LogP contribution in [0.15, 0.2) is 0 Å². The van der Waals surface area contributed by atoms with Crippen molar-refractivity contribution in [2.45, 2.75) is 12.8 Å². The van der Waals surface area contributed by atoms with Crippen LogP contribution in [0.4, 0.5) is 0 Å². The van der Waals surface area contributed by atoms with E-state index < -0.39 is 0 Å². The molecule has 0 saturated carbocycles. The van der Waals surface area contributed by atoms with Crippen molar-refractivity contribution in [1.82, 2.24) is 10.2 Å². The largest absolute Gasteiger partial charge is 0.464 e. The summed E-state index contributed by atoms with van der Waals surface area (Å²) < 4.78 is 5.18. The Hall–Kier alpha value is -0.610. The third-order valence-electron chi connectivity index (χ3n) is 2.46. The number of likely N-dealkylation sites (N-methyl/N-ethyl adjacent to an activating group) is 1. The van der Waals surface area contributed by atoms with Crippen LogP contribution in [0.5, 0.6) is 0 Å². The number of piperidine rings is 1. The van der Waals surface area contributed by atoms with Crippen molar-refractivity contribution in [2.24, 2.45) is 5.92 Å². The Morgan fingerprint density at radius 2 is 2.07 bits per heavy atom. The van der Waals surface area contributed by atoms with Gasteiger partial charge in [0.05, 0.1) is 5.92 Å². The molecule has 1 heterocycles. The standard InChI is InChI=1S/C10H20N2O2/c1-12(2)7-8-14-10(13)9-3-5-11-6-4-9/h9,11H,3-8H2,1-2H3. The Kier molecular flexibility index (Phi) is 4.90. The van der Waals surface area contributed by atoms with Crippen molar-refractivity contribution in [2.75, 3.05) is 40.3 Å². The minimum Gasteiger partial charge on any atom is -0.464 e. The molecule has 1 fully saturated rings. The second kappa shape index (κ2) is 5.98. The van der Waals surface area contributed by atoms with Crippen molar-refractivity contribution >= 4 is 5.97 Å². The normalized spacial score (nSPS) is 18.5. The predicted molar refractivity (Wildman–Crippen MR) is 55.1 cm³/mol. The minimum absolute atomic E-state index is 0.0200. The molecule has 4 nitrogen and oxygen atoms in total. The van der Waals surface area contributed by atoms with Gasteiger partial charge in [-0.3, -0.25) is 4.79 Å². The van der Waals surface area contributed by atoms with Crippen LogP contribution >= 0.6 is 0 Å². The quantitative estimate of drug-likeness (QED) is 0.653. The first kappa shape index (κ1) is 11.5. The van der Waals surface area contributed by atoms with Gasteiger partial charge in [-0.25, -0.2) is 0 Å². The third-order valence-corrected chi connectivity index (χ3v) is 2.46. The highest BCUT2D eigenvalue weighted by Gasteiger charge is 2.21. The third kappa shape index (κ3) is 4.07. The number of hydrogen-bond donors (Lipinski definition) is 1. The van der Waals surface area contributed by atoms with Crippen LogP contribution in [0.25, 0.3) is 0 Å². The molecule has 0 radical (unpaired) electrons. The highest BCUT2D eigenvalue weighted by atomic mass is 16.5. The average Bonchev–Trinajstić information content (AvgIpc) is 2.18. The van der Waals surface area contributed by atoms with Crippen LogP contribution in [0.2, 0.25) is 0 Å². The van der Waals surface area contributed by atoms with E-state index in [0.29, 0.717) is 6.61 Å². The van der Waals surface area contributed by atoms with E-state index in [1.54, 1.807) is 0 Å². The zero-order chi connectivity index (χ0) is 10.4. The molecule has 1 aliphatic rings. The molecule has 0 bridgehead atoms. The number of carbonyl (C=O) groups excluding carboxylic acids is 1. The fourth-order valence-corrected chi connectivity index (χ4v) is 1.50. The first-order valence-electron chi connectivity index (χ1n) is 5.22. The maximum atomic E-state index is 11.5. The Morgan fingerprint density at radius 1 is 1.43 bits per heavy atom. The smallest absolute Gasteiger partial charge is 0.309 e. The summed E-state index contributed by atoms with van der Waals surface area (Å²) in [5.41, 5.74) is 0. The molecule has 82 valence electrons. The molecule has 0 spiro atoms. The lowest BCUT2D eigenvalue weighted by molar-refractivity contribution is -0.149. The van der Waals surface area contributed by atoms with Crippen LogP contribution in [0.1, 0.15) is 12.8 Å². The summed E-state index contributed by atoms with van der Waals surface area (Å²) in [6.45, 7) is 3.19. The number of rotatable bonds is 4. The van der Waals surface area contributed by atoms with Crippen molar-refractivity contribution in [1.29, 1.82) is 0 Å². The Labute approximate surface area is 85.6 Å². The monoisotopic (exact) mass is 200 g/mol. The van der Waals surface area contributed by atoms with E-state index in [9.17, 15) is 4.79 Å². The highest BCUT2D eigenvalue weighted by Crippen LogP contribution is 2.12. The first-order chi connectivity index (χ1) is 6.70. The lowest BCUT2D eigenvalue weighted by Gasteiger charge is -2.21. The molecule has 0 atom stereocenters. The zero-order valence-corrected chi connectivity index (χ0v) is 9.08. The van der Waals surface area contributed by atoms with E-state index in [1.807, 2.05) is 19.0 Å². The number of esters is 1. The fourth-order valence-electron chi connectivity index (χ4n) is 1.50. The van der Waals surface area contributed by atoms with Gasteiger partial charge >= 0.3 is 5.97 Å². The topological polar surface area (TPSA) is 41.6 Å². The molecular weight excluding hydrogens is 180 g/mol. The lowest BCUT2D eigenvalue weighted by Crippen LogP contribution is -2.33. The summed E-state index contributed by atoms with van der Waals surface area (Å²) >= 11 is 0. The summed E-state index contributed by atoms with van der Waals surface area (Å²) in [5.74, 6) is 0.103. The second-order valence-corrected chi connectivity index (χ2v) is 4.00. The van der Waals surface area contributed by atoms with Gasteiger partial charge in [0.25, 0.3) is 0 Å². The van der Waals surface area contributed by atoms with Crippen LogP contribution in [0.3, 0.4) is 0 Å². The summed E-state index contributed by atoms with van der Waals surface area (Å²) in [7, 11) is 3.94. The molecule has 1 aliphatic heterocycles. The molecule has 0 aromatic carbocycles. The number of ether oxygens (including phenoxy) is 1. The Balaban J connectivity index is 2.13. The molecule has 0 aromatic heterocycles. The molecule has 0 aliphatic carbocycles. The lowest BCUT2D eigenvalue weighted by atomic mass is 9.99. The summed E-state index contributed by atoms with van der Waals surface area (Å²) in [4.78, 5) is 13.5. The van der Waals surface area contributed by atoms with Crippen molar-refractivity contribution < 1.29 is 9.53 Å². The van der Waals surface area contributed by atoms with Crippen LogP contribution < -0.4 is 5.32 Å². The van der Waals surface area contributed by atoms with E-state index in [4.69, 9.17) is 4.74 Å². The molecule has 0 unspecified atom stereocenters. The highest BCUT2D eigenvalue weighted by molar-refractivity contribution is 5.72. The van der Waals surface area contributed by atoms with Gasteiger partial charge < -0.3 is 15.0 Å². The van der Waals surface area contributed by atoms with Gasteiger partial charge in [0, 0.05) is 6.54 Å². The van der Waals surface area contributed by atoms with Crippen molar-refractivity contribution in [3.63, 3.8) is 0 Å². The summed E-state index contributed by atoms with van der Waals surface area (Å²) in [6.07, 6.45) is 1.83. The van der Waals surface area contributed by atoms with Gasteiger partial charge in [-0.15, -0.1) is 0 Å². The minimum atomic E-state index is -0.0200. The molecule has 4 heteroatoms. The van der Waals surface area contributed by atoms with Gasteiger partial charge in [0.15, 0.2) is 0 Å². The fraction of sp³-hybridized carbons (Fsp3) is 0.900. The van der Waals surface area contributed by atoms with Crippen LogP contribution in [0, 0.1) is 5.92 Å². The van der Waals surface area contributed by atoms with Gasteiger partial charge in [0.1, 0.15) is 6.61 Å².